The van der Waals surface area contributed by atoms with Crippen molar-refractivity contribution < 1.29 is 24.0 Å². The molecule has 0 saturated carbocycles. The van der Waals surface area contributed by atoms with Crippen molar-refractivity contribution >= 4 is 42.4 Å². The smallest absolute Gasteiger partial charge is 0.243 e. The zero-order chi connectivity index (χ0) is 18.4. The van der Waals surface area contributed by atoms with E-state index in [0.29, 0.717) is 25.7 Å². The van der Waals surface area contributed by atoms with Crippen molar-refractivity contribution in [3.05, 3.63) is 0 Å². The molecule has 9 nitrogen and oxygen atoms in total. The van der Waals surface area contributed by atoms with Gasteiger partial charge in [0.25, 0.3) is 0 Å². The Bertz CT molecular complexity index is 570. The van der Waals surface area contributed by atoms with Crippen LogP contribution in [0.15, 0.2) is 0 Å². The fourth-order valence-electron chi connectivity index (χ4n) is 3.02. The number of ketones is 1. The molecule has 10 heteroatoms. The van der Waals surface area contributed by atoms with Gasteiger partial charge in [-0.2, -0.15) is 12.6 Å². The van der Waals surface area contributed by atoms with Gasteiger partial charge >= 0.3 is 0 Å². The van der Waals surface area contributed by atoms with Crippen molar-refractivity contribution in [2.45, 2.75) is 37.4 Å². The number of likely N-dealkylation sites (tertiary alicyclic amines) is 1. The molecule has 3 atom stereocenters. The maximum absolute atomic E-state index is 12.8. The molecule has 3 amide bonds. The quantitative estimate of drug-likeness (QED) is 0.317. The summed E-state index contributed by atoms with van der Waals surface area (Å²) < 4.78 is 0. The molecule has 0 bridgehead atoms. The first-order valence-corrected chi connectivity index (χ1v) is 8.79. The van der Waals surface area contributed by atoms with Crippen LogP contribution in [0, 0.1) is 0 Å². The van der Waals surface area contributed by atoms with Gasteiger partial charge in [-0.3, -0.25) is 24.5 Å². The molecule has 0 spiro atoms. The van der Waals surface area contributed by atoms with Gasteiger partial charge in [-0.25, -0.2) is 0 Å². The molecule has 0 aromatic heterocycles. The van der Waals surface area contributed by atoms with Crippen LogP contribution in [-0.4, -0.2) is 78.2 Å². The summed E-state index contributed by atoms with van der Waals surface area (Å²) in [5.41, 5.74) is 0. The highest BCUT2D eigenvalue weighted by atomic mass is 32.1. The minimum Gasteiger partial charge on any atom is -0.348 e. The molecule has 0 radical (unpaired) electrons. The van der Waals surface area contributed by atoms with E-state index in [2.05, 4.69) is 28.6 Å². The third-order valence-electron chi connectivity index (χ3n) is 4.31. The van der Waals surface area contributed by atoms with Crippen LogP contribution in [-0.2, 0) is 24.0 Å². The number of nitrogens with one attached hydrogen (secondary N) is 3. The summed E-state index contributed by atoms with van der Waals surface area (Å²) in [7, 11) is 0. The highest BCUT2D eigenvalue weighted by Crippen LogP contribution is 2.19. The maximum Gasteiger partial charge on any atom is 0.243 e. The average molecular weight is 370 g/mol. The molecule has 2 heterocycles. The molecule has 2 fully saturated rings. The molecule has 0 aromatic carbocycles. The van der Waals surface area contributed by atoms with Crippen LogP contribution in [0.3, 0.4) is 0 Å². The van der Waals surface area contributed by atoms with Crippen LogP contribution in [0.2, 0.25) is 0 Å². The van der Waals surface area contributed by atoms with Crippen molar-refractivity contribution in [2.24, 2.45) is 0 Å². The summed E-state index contributed by atoms with van der Waals surface area (Å²) in [4.78, 5) is 60.6. The second-order valence-corrected chi connectivity index (χ2v) is 6.37. The summed E-state index contributed by atoms with van der Waals surface area (Å²) in [6.45, 7) is 0.226. The zero-order valence-corrected chi connectivity index (χ0v) is 14.6. The molecular formula is C15H22N4O5S. The molecule has 0 unspecified atom stereocenters. The molecule has 3 N–H and O–H groups in total. The lowest BCUT2D eigenvalue weighted by Gasteiger charge is -2.30. The van der Waals surface area contributed by atoms with Crippen LogP contribution < -0.4 is 16.0 Å². The van der Waals surface area contributed by atoms with E-state index in [1.54, 1.807) is 0 Å². The number of carbonyl (C=O) groups is 5. The number of amides is 3. The topological polar surface area (TPSA) is 125 Å². The summed E-state index contributed by atoms with van der Waals surface area (Å²) in [5.74, 6) is -1.26. The molecule has 138 valence electrons. The van der Waals surface area contributed by atoms with E-state index in [1.165, 1.54) is 4.90 Å². The van der Waals surface area contributed by atoms with Gasteiger partial charge in [-0.15, -0.1) is 0 Å². The normalized spacial score (nSPS) is 27.2. The highest BCUT2D eigenvalue weighted by Gasteiger charge is 2.38. The fourth-order valence-corrected chi connectivity index (χ4v) is 3.32. The largest absolute Gasteiger partial charge is 0.348 e. The van der Waals surface area contributed by atoms with Crippen molar-refractivity contribution in [1.29, 1.82) is 0 Å². The minimum absolute atomic E-state index is 0.0578. The van der Waals surface area contributed by atoms with E-state index in [4.69, 9.17) is 0 Å². The van der Waals surface area contributed by atoms with Gasteiger partial charge < -0.3 is 20.3 Å². The number of hydrogen-bond acceptors (Lipinski definition) is 7. The van der Waals surface area contributed by atoms with Crippen LogP contribution >= 0.6 is 12.6 Å². The van der Waals surface area contributed by atoms with E-state index in [9.17, 15) is 24.0 Å². The minimum atomic E-state index is -0.871. The van der Waals surface area contributed by atoms with E-state index < -0.39 is 29.9 Å². The number of aldehydes is 1. The molecule has 2 rings (SSSR count). The van der Waals surface area contributed by atoms with Crippen molar-refractivity contribution in [2.75, 3.05) is 25.4 Å². The predicted octanol–water partition coefficient (Wildman–Crippen LogP) is -2.36. The SMILES string of the molecule is O=CCNC(=O)[C@@H]1CCCN1C(=O)[C@@H]1CC(=O)N[C@H](CS)C(=O)CN1. The zero-order valence-electron chi connectivity index (χ0n) is 13.7. The molecule has 2 saturated heterocycles. The van der Waals surface area contributed by atoms with Crippen LogP contribution in [0.4, 0.5) is 0 Å². The summed E-state index contributed by atoms with van der Waals surface area (Å²) in [5, 5.41) is 7.83. The van der Waals surface area contributed by atoms with Gasteiger partial charge in [0.2, 0.25) is 17.7 Å². The van der Waals surface area contributed by atoms with Crippen molar-refractivity contribution in [1.82, 2.24) is 20.9 Å². The number of nitrogens with zero attached hydrogens (tertiary/aromatic N) is 1. The Kier molecular flexibility index (Phi) is 6.94. The van der Waals surface area contributed by atoms with E-state index in [0.717, 1.165) is 0 Å². The molecule has 0 aliphatic carbocycles. The molecule has 2 aliphatic rings. The summed E-state index contributed by atoms with van der Waals surface area (Å²) in [6, 6.07) is -2.21. The Labute approximate surface area is 150 Å². The third-order valence-corrected chi connectivity index (χ3v) is 4.68. The van der Waals surface area contributed by atoms with Gasteiger partial charge in [0.1, 0.15) is 12.3 Å². The number of thiol groups is 1. The van der Waals surface area contributed by atoms with Gasteiger partial charge in [0, 0.05) is 12.3 Å². The van der Waals surface area contributed by atoms with Crippen molar-refractivity contribution in [3.63, 3.8) is 0 Å². The van der Waals surface area contributed by atoms with E-state index >= 15 is 0 Å². The first kappa shape index (κ1) is 19.4. The first-order chi connectivity index (χ1) is 12.0. The predicted molar refractivity (Wildman–Crippen MR) is 91.0 cm³/mol. The number of Topliss-reactive ketones (excluding diaryl/α,β-unsaturated/α-hetero) is 1. The third kappa shape index (κ3) is 4.79. The second-order valence-electron chi connectivity index (χ2n) is 6.01. The Morgan fingerprint density at radius 3 is 2.80 bits per heavy atom. The lowest BCUT2D eigenvalue weighted by atomic mass is 10.1. The standard InChI is InChI=1S/C15H22N4O5S/c20-5-3-16-14(23)11-2-1-4-19(11)15(24)9-6-13(22)18-10(8-25)12(21)7-17-9/h5,9-11,17,25H,1-4,6-8H2,(H,16,23)(H,18,22)/t9-,10+,11-/m0/s1. The van der Waals surface area contributed by atoms with Crippen LogP contribution in [0.5, 0.6) is 0 Å². The lowest BCUT2D eigenvalue weighted by Crippen LogP contribution is -2.58. The summed E-state index contributed by atoms with van der Waals surface area (Å²) >= 11 is 4.04. The molecule has 0 aromatic rings. The highest BCUT2D eigenvalue weighted by molar-refractivity contribution is 7.80. The Hall–Kier alpha value is -1.94. The molecule has 2 aliphatic heterocycles. The van der Waals surface area contributed by atoms with Gasteiger partial charge in [-0.1, -0.05) is 0 Å². The Morgan fingerprint density at radius 2 is 2.12 bits per heavy atom. The number of carbonyl (C=O) groups excluding carboxylic acids is 5. The molecule has 25 heavy (non-hydrogen) atoms. The Balaban J connectivity index is 2.05. The number of rotatable bonds is 5. The van der Waals surface area contributed by atoms with E-state index in [1.807, 2.05) is 0 Å². The monoisotopic (exact) mass is 370 g/mol. The van der Waals surface area contributed by atoms with Gasteiger partial charge in [-0.05, 0) is 12.8 Å². The van der Waals surface area contributed by atoms with Crippen molar-refractivity contribution in [3.8, 4) is 0 Å². The lowest BCUT2D eigenvalue weighted by molar-refractivity contribution is -0.142. The number of hydrogen-bond donors (Lipinski definition) is 4. The average Bonchev–Trinajstić information content (AvgIpc) is 3.08. The van der Waals surface area contributed by atoms with E-state index in [-0.39, 0.29) is 37.0 Å². The van der Waals surface area contributed by atoms with Gasteiger partial charge in [0.05, 0.1) is 31.6 Å². The van der Waals surface area contributed by atoms with Gasteiger partial charge in [0.15, 0.2) is 5.78 Å². The van der Waals surface area contributed by atoms with Crippen LogP contribution in [0.1, 0.15) is 19.3 Å². The fraction of sp³-hybridized carbons (Fsp3) is 0.667. The van der Waals surface area contributed by atoms with Crippen LogP contribution in [0.25, 0.3) is 0 Å². The summed E-state index contributed by atoms with van der Waals surface area (Å²) in [6.07, 6.45) is 1.61. The first-order valence-electron chi connectivity index (χ1n) is 8.16. The maximum atomic E-state index is 12.8. The molecular weight excluding hydrogens is 348 g/mol. The Morgan fingerprint density at radius 1 is 1.36 bits per heavy atom. The second kappa shape index (κ2) is 8.95.